The third kappa shape index (κ3) is 3.43. The Morgan fingerprint density at radius 1 is 0.741 bits per heavy atom. The van der Waals surface area contributed by atoms with Crippen molar-refractivity contribution in [3.8, 4) is 39.4 Å². The van der Waals surface area contributed by atoms with E-state index in [0.29, 0.717) is 0 Å². The molecule has 3 heteroatoms. The molecule has 1 heterocycles. The summed E-state index contributed by atoms with van der Waals surface area (Å²) in [6.07, 6.45) is 0. The van der Waals surface area contributed by atoms with Gasteiger partial charge >= 0.3 is 0 Å². The number of nitrogens with zero attached hydrogens (tertiary/aromatic N) is 1. The first-order valence-electron chi connectivity index (χ1n) is 8.83. The minimum Gasteiger partial charge on any atom is -0.497 e. The lowest BCUT2D eigenvalue weighted by Crippen LogP contribution is -1.95. The summed E-state index contributed by atoms with van der Waals surface area (Å²) in [5.41, 5.74) is 7.18. The number of hydrogen-bond acceptors (Lipinski definition) is 1. The molecule has 3 aromatic carbocycles. The minimum atomic E-state index is 0.865. The number of methoxy groups -OCH3 is 1. The Bertz CT molecular complexity index is 1050. The lowest BCUT2D eigenvalue weighted by Gasteiger charge is -2.11. The van der Waals surface area contributed by atoms with Gasteiger partial charge in [-0.2, -0.15) is 0 Å². The number of aromatic nitrogens is 1. The van der Waals surface area contributed by atoms with E-state index in [-0.39, 0.29) is 0 Å². The highest BCUT2D eigenvalue weighted by Crippen LogP contribution is 2.38. The van der Waals surface area contributed by atoms with Gasteiger partial charge in [0.25, 0.3) is 0 Å². The highest BCUT2D eigenvalue weighted by Gasteiger charge is 2.17. The van der Waals surface area contributed by atoms with E-state index in [1.165, 1.54) is 33.6 Å². The summed E-state index contributed by atoms with van der Waals surface area (Å²) in [5, 5.41) is 0. The molecular formula is C24H20BrNO. The molecule has 0 N–H and O–H groups in total. The van der Waals surface area contributed by atoms with Crippen molar-refractivity contribution >= 4 is 15.9 Å². The summed E-state index contributed by atoms with van der Waals surface area (Å²) in [4.78, 5) is 0. The molecule has 0 aliphatic rings. The van der Waals surface area contributed by atoms with Crippen molar-refractivity contribution in [3.63, 3.8) is 0 Å². The molecule has 4 rings (SSSR count). The molecule has 0 atom stereocenters. The number of benzene rings is 3. The van der Waals surface area contributed by atoms with E-state index in [0.717, 1.165) is 10.2 Å². The van der Waals surface area contributed by atoms with Crippen LogP contribution in [-0.4, -0.2) is 11.7 Å². The van der Waals surface area contributed by atoms with Crippen molar-refractivity contribution in [2.24, 2.45) is 7.05 Å². The van der Waals surface area contributed by atoms with Gasteiger partial charge in [0.2, 0.25) is 0 Å². The molecule has 0 fully saturated rings. The molecule has 134 valence electrons. The number of ether oxygens (including phenoxy) is 1. The van der Waals surface area contributed by atoms with E-state index in [1.807, 2.05) is 12.1 Å². The van der Waals surface area contributed by atoms with Crippen LogP contribution in [0.2, 0.25) is 0 Å². The first-order valence-corrected chi connectivity index (χ1v) is 9.62. The summed E-state index contributed by atoms with van der Waals surface area (Å²) in [7, 11) is 3.82. The zero-order chi connectivity index (χ0) is 18.8. The van der Waals surface area contributed by atoms with Gasteiger partial charge in [-0.05, 0) is 47.0 Å². The molecule has 0 radical (unpaired) electrons. The molecule has 0 saturated carbocycles. The second-order valence-electron chi connectivity index (χ2n) is 6.45. The van der Waals surface area contributed by atoms with Gasteiger partial charge in [-0.1, -0.05) is 70.5 Å². The maximum Gasteiger partial charge on any atom is 0.118 e. The first-order chi connectivity index (χ1) is 13.2. The van der Waals surface area contributed by atoms with E-state index in [1.54, 1.807) is 7.11 Å². The van der Waals surface area contributed by atoms with Crippen LogP contribution in [0.5, 0.6) is 5.75 Å². The van der Waals surface area contributed by atoms with Crippen LogP contribution in [0.1, 0.15) is 0 Å². The molecule has 0 aliphatic carbocycles. The summed E-state index contributed by atoms with van der Waals surface area (Å²) in [6.45, 7) is 0. The van der Waals surface area contributed by atoms with Crippen LogP contribution in [0.15, 0.2) is 89.4 Å². The van der Waals surface area contributed by atoms with Gasteiger partial charge in [-0.15, -0.1) is 0 Å². The van der Waals surface area contributed by atoms with Gasteiger partial charge in [-0.25, -0.2) is 0 Å². The average Bonchev–Trinajstić information content (AvgIpc) is 3.06. The summed E-state index contributed by atoms with van der Waals surface area (Å²) in [6, 6.07) is 29.5. The largest absolute Gasteiger partial charge is 0.497 e. The van der Waals surface area contributed by atoms with Gasteiger partial charge in [0.1, 0.15) is 5.75 Å². The minimum absolute atomic E-state index is 0.865. The molecular weight excluding hydrogens is 398 g/mol. The van der Waals surface area contributed by atoms with Gasteiger partial charge in [0.05, 0.1) is 12.8 Å². The van der Waals surface area contributed by atoms with E-state index in [2.05, 4.69) is 100 Å². The molecule has 0 saturated heterocycles. The SMILES string of the molecule is COc1ccc(-c2cc(-c3ccc(Br)cc3)n(C)c2-c2ccccc2)cc1. The molecule has 0 unspecified atom stereocenters. The predicted octanol–water partition coefficient (Wildman–Crippen LogP) is 6.80. The molecule has 2 nitrogen and oxygen atoms in total. The van der Waals surface area contributed by atoms with Crippen molar-refractivity contribution in [1.82, 2.24) is 4.57 Å². The van der Waals surface area contributed by atoms with Gasteiger partial charge in [0, 0.05) is 22.8 Å². The Balaban J connectivity index is 1.93. The van der Waals surface area contributed by atoms with E-state index < -0.39 is 0 Å². The quantitative estimate of drug-likeness (QED) is 0.356. The van der Waals surface area contributed by atoms with Crippen LogP contribution in [0, 0.1) is 0 Å². The van der Waals surface area contributed by atoms with Crippen molar-refractivity contribution < 1.29 is 4.74 Å². The summed E-state index contributed by atoms with van der Waals surface area (Å²) < 4.78 is 8.68. The smallest absolute Gasteiger partial charge is 0.118 e. The van der Waals surface area contributed by atoms with Crippen molar-refractivity contribution in [2.75, 3.05) is 7.11 Å². The fourth-order valence-electron chi connectivity index (χ4n) is 3.44. The molecule has 4 aromatic rings. The lowest BCUT2D eigenvalue weighted by molar-refractivity contribution is 0.415. The molecule has 1 aromatic heterocycles. The maximum atomic E-state index is 5.32. The highest BCUT2D eigenvalue weighted by molar-refractivity contribution is 9.10. The summed E-state index contributed by atoms with van der Waals surface area (Å²) in [5.74, 6) is 0.865. The maximum absolute atomic E-state index is 5.32. The normalized spacial score (nSPS) is 10.8. The number of hydrogen-bond donors (Lipinski definition) is 0. The second kappa shape index (κ2) is 7.45. The zero-order valence-corrected chi connectivity index (χ0v) is 16.9. The Labute approximate surface area is 168 Å². The van der Waals surface area contributed by atoms with Crippen molar-refractivity contribution in [2.45, 2.75) is 0 Å². The van der Waals surface area contributed by atoms with Crippen LogP contribution in [-0.2, 0) is 7.05 Å². The lowest BCUT2D eigenvalue weighted by atomic mass is 10.0. The molecule has 0 aliphatic heterocycles. The van der Waals surface area contributed by atoms with E-state index in [4.69, 9.17) is 4.74 Å². The molecule has 27 heavy (non-hydrogen) atoms. The topological polar surface area (TPSA) is 14.2 Å². The second-order valence-corrected chi connectivity index (χ2v) is 7.37. The van der Waals surface area contributed by atoms with Gasteiger partial charge in [-0.3, -0.25) is 0 Å². The standard InChI is InChI=1S/C24H20BrNO/c1-26-23(18-8-12-20(25)13-9-18)16-22(17-10-14-21(27-2)15-11-17)24(26)19-6-4-3-5-7-19/h3-16H,1-2H3. The van der Waals surface area contributed by atoms with E-state index >= 15 is 0 Å². The third-order valence-corrected chi connectivity index (χ3v) is 5.35. The Morgan fingerprint density at radius 2 is 1.37 bits per heavy atom. The molecule has 0 bridgehead atoms. The number of halogens is 1. The number of rotatable bonds is 4. The Kier molecular flexibility index (Phi) is 4.87. The first kappa shape index (κ1) is 17.6. The average molecular weight is 418 g/mol. The highest BCUT2D eigenvalue weighted by atomic mass is 79.9. The zero-order valence-electron chi connectivity index (χ0n) is 15.3. The summed E-state index contributed by atoms with van der Waals surface area (Å²) >= 11 is 3.52. The van der Waals surface area contributed by atoms with Crippen molar-refractivity contribution in [1.29, 1.82) is 0 Å². The van der Waals surface area contributed by atoms with Crippen LogP contribution >= 0.6 is 15.9 Å². The third-order valence-electron chi connectivity index (χ3n) is 4.82. The van der Waals surface area contributed by atoms with Crippen LogP contribution in [0.3, 0.4) is 0 Å². The van der Waals surface area contributed by atoms with Crippen LogP contribution in [0.4, 0.5) is 0 Å². The van der Waals surface area contributed by atoms with Gasteiger partial charge < -0.3 is 9.30 Å². The van der Waals surface area contributed by atoms with Crippen LogP contribution < -0.4 is 4.74 Å². The molecule has 0 amide bonds. The van der Waals surface area contributed by atoms with Gasteiger partial charge in [0.15, 0.2) is 0 Å². The van der Waals surface area contributed by atoms with E-state index in [9.17, 15) is 0 Å². The predicted molar refractivity (Wildman–Crippen MR) is 116 cm³/mol. The van der Waals surface area contributed by atoms with Crippen LogP contribution in [0.25, 0.3) is 33.6 Å². The Hall–Kier alpha value is -2.78. The fraction of sp³-hybridized carbons (Fsp3) is 0.0833. The monoisotopic (exact) mass is 417 g/mol. The fourth-order valence-corrected chi connectivity index (χ4v) is 3.70. The van der Waals surface area contributed by atoms with Crippen molar-refractivity contribution in [3.05, 3.63) is 89.4 Å². The molecule has 0 spiro atoms. The Morgan fingerprint density at radius 3 is 2.00 bits per heavy atom.